The lowest BCUT2D eigenvalue weighted by atomic mass is 10.1. The van der Waals surface area contributed by atoms with Crippen LogP contribution in [0, 0.1) is 5.92 Å². The maximum atomic E-state index is 4.43. The Morgan fingerprint density at radius 3 is 2.60 bits per heavy atom. The molecule has 0 aliphatic carbocycles. The van der Waals surface area contributed by atoms with Gasteiger partial charge in [0.25, 0.3) is 0 Å². The molecule has 138 valence electrons. The normalized spacial score (nSPS) is 11.3. The molecule has 1 aromatic carbocycles. The van der Waals surface area contributed by atoms with Crippen molar-refractivity contribution in [3.8, 4) is 0 Å². The van der Waals surface area contributed by atoms with Crippen molar-refractivity contribution in [2.75, 3.05) is 13.6 Å². The van der Waals surface area contributed by atoms with E-state index in [2.05, 4.69) is 65.0 Å². The first-order valence-corrected chi connectivity index (χ1v) is 8.67. The second-order valence-corrected chi connectivity index (χ2v) is 6.42. The summed E-state index contributed by atoms with van der Waals surface area (Å²) in [5, 5.41) is 11.1. The first kappa shape index (κ1) is 21.5. The zero-order chi connectivity index (χ0) is 17.2. The fourth-order valence-corrected chi connectivity index (χ4v) is 2.48. The lowest BCUT2D eigenvalue weighted by molar-refractivity contribution is 0.549. The summed E-state index contributed by atoms with van der Waals surface area (Å²) in [6.07, 6.45) is 6.37. The van der Waals surface area contributed by atoms with Crippen LogP contribution in [0.1, 0.15) is 37.8 Å². The lowest BCUT2D eigenvalue weighted by Gasteiger charge is -2.11. The molecule has 0 saturated heterocycles. The van der Waals surface area contributed by atoms with Crippen LogP contribution in [-0.4, -0.2) is 29.3 Å². The molecule has 0 saturated carbocycles. The van der Waals surface area contributed by atoms with Crippen molar-refractivity contribution in [3.05, 3.63) is 53.9 Å². The van der Waals surface area contributed by atoms with Gasteiger partial charge in [0.15, 0.2) is 5.96 Å². The average Bonchev–Trinajstić information content (AvgIpc) is 3.02. The van der Waals surface area contributed by atoms with E-state index in [0.29, 0.717) is 0 Å². The summed E-state index contributed by atoms with van der Waals surface area (Å²) in [4.78, 5) is 4.26. The third-order valence-corrected chi connectivity index (χ3v) is 3.81. The van der Waals surface area contributed by atoms with Crippen LogP contribution < -0.4 is 10.6 Å². The number of hydrogen-bond acceptors (Lipinski definition) is 2. The van der Waals surface area contributed by atoms with Gasteiger partial charge in [-0.3, -0.25) is 9.67 Å². The molecule has 2 aromatic rings. The number of hydrogen-bond donors (Lipinski definition) is 2. The number of halogens is 1. The Kier molecular flexibility index (Phi) is 10.2. The van der Waals surface area contributed by atoms with E-state index in [1.165, 1.54) is 12.0 Å². The topological polar surface area (TPSA) is 54.2 Å². The van der Waals surface area contributed by atoms with Crippen molar-refractivity contribution in [3.63, 3.8) is 0 Å². The van der Waals surface area contributed by atoms with Crippen LogP contribution in [0.2, 0.25) is 0 Å². The third kappa shape index (κ3) is 8.38. The Morgan fingerprint density at radius 2 is 1.92 bits per heavy atom. The van der Waals surface area contributed by atoms with Gasteiger partial charge in [0, 0.05) is 31.9 Å². The largest absolute Gasteiger partial charge is 0.356 e. The predicted octanol–water partition coefficient (Wildman–Crippen LogP) is 3.65. The summed E-state index contributed by atoms with van der Waals surface area (Å²) in [5.74, 6) is 1.59. The highest BCUT2D eigenvalue weighted by Crippen LogP contribution is 2.04. The molecule has 0 spiro atoms. The van der Waals surface area contributed by atoms with Crippen molar-refractivity contribution in [1.29, 1.82) is 0 Å². The summed E-state index contributed by atoms with van der Waals surface area (Å²) in [5.41, 5.74) is 2.40. The van der Waals surface area contributed by atoms with E-state index in [4.69, 9.17) is 0 Å². The minimum atomic E-state index is 0. The average molecular weight is 455 g/mol. The third-order valence-electron chi connectivity index (χ3n) is 3.81. The molecular formula is C19H30IN5. The Balaban J connectivity index is 0.00000312. The first-order valence-electron chi connectivity index (χ1n) is 8.67. The van der Waals surface area contributed by atoms with E-state index in [1.54, 1.807) is 7.05 Å². The number of rotatable bonds is 8. The molecule has 2 rings (SSSR count). The molecular weight excluding hydrogens is 425 g/mol. The SMILES string of the molecule is CN=C(NCCCC(C)C)NCc1cnn(Cc2ccccc2)c1.I. The van der Waals surface area contributed by atoms with E-state index in [0.717, 1.165) is 43.5 Å². The molecule has 0 unspecified atom stereocenters. The second-order valence-electron chi connectivity index (χ2n) is 6.42. The molecule has 0 aliphatic rings. The van der Waals surface area contributed by atoms with Gasteiger partial charge in [-0.15, -0.1) is 24.0 Å². The summed E-state index contributed by atoms with van der Waals surface area (Å²) in [6, 6.07) is 10.4. The van der Waals surface area contributed by atoms with E-state index < -0.39 is 0 Å². The Morgan fingerprint density at radius 1 is 1.16 bits per heavy atom. The number of aromatic nitrogens is 2. The Labute approximate surface area is 168 Å². The minimum absolute atomic E-state index is 0. The maximum absolute atomic E-state index is 4.43. The first-order chi connectivity index (χ1) is 11.7. The van der Waals surface area contributed by atoms with Gasteiger partial charge >= 0.3 is 0 Å². The molecule has 0 bridgehead atoms. The van der Waals surface area contributed by atoms with Gasteiger partial charge < -0.3 is 10.6 Å². The van der Waals surface area contributed by atoms with Crippen molar-refractivity contribution >= 4 is 29.9 Å². The quantitative estimate of drug-likeness (QED) is 0.277. The van der Waals surface area contributed by atoms with Crippen molar-refractivity contribution in [2.45, 2.75) is 39.8 Å². The molecule has 0 radical (unpaired) electrons. The van der Waals surface area contributed by atoms with Crippen LogP contribution in [0.4, 0.5) is 0 Å². The molecule has 0 fully saturated rings. The Bertz CT molecular complexity index is 622. The second kappa shape index (κ2) is 11.9. The molecule has 1 aromatic heterocycles. The van der Waals surface area contributed by atoms with Crippen LogP contribution in [0.5, 0.6) is 0 Å². The molecule has 5 nitrogen and oxygen atoms in total. The highest BCUT2D eigenvalue weighted by Gasteiger charge is 2.02. The molecule has 2 N–H and O–H groups in total. The van der Waals surface area contributed by atoms with Crippen molar-refractivity contribution < 1.29 is 0 Å². The van der Waals surface area contributed by atoms with Gasteiger partial charge in [-0.1, -0.05) is 44.2 Å². The Hall–Kier alpha value is -1.57. The molecule has 25 heavy (non-hydrogen) atoms. The van der Waals surface area contributed by atoms with Gasteiger partial charge in [-0.2, -0.15) is 5.10 Å². The van der Waals surface area contributed by atoms with Crippen molar-refractivity contribution in [1.82, 2.24) is 20.4 Å². The number of benzene rings is 1. The van der Waals surface area contributed by atoms with E-state index in [9.17, 15) is 0 Å². The summed E-state index contributed by atoms with van der Waals surface area (Å²) in [7, 11) is 1.80. The van der Waals surface area contributed by atoms with Crippen molar-refractivity contribution in [2.24, 2.45) is 10.9 Å². The fourth-order valence-electron chi connectivity index (χ4n) is 2.48. The zero-order valence-electron chi connectivity index (χ0n) is 15.4. The highest BCUT2D eigenvalue weighted by atomic mass is 127. The predicted molar refractivity (Wildman–Crippen MR) is 115 cm³/mol. The number of aliphatic imine (C=N–C) groups is 1. The monoisotopic (exact) mass is 455 g/mol. The smallest absolute Gasteiger partial charge is 0.191 e. The molecule has 0 atom stereocenters. The molecule has 0 amide bonds. The van der Waals surface area contributed by atoms with E-state index >= 15 is 0 Å². The summed E-state index contributed by atoms with van der Waals surface area (Å²) < 4.78 is 1.96. The van der Waals surface area contributed by atoms with Gasteiger partial charge in [0.2, 0.25) is 0 Å². The summed E-state index contributed by atoms with van der Waals surface area (Å²) in [6.45, 7) is 6.97. The standard InChI is InChI=1S/C19H29N5.HI/c1-16(2)8-7-11-21-19(20-3)22-12-18-13-23-24(15-18)14-17-9-5-4-6-10-17;/h4-6,9-10,13,15-16H,7-8,11-12,14H2,1-3H3,(H2,20,21,22);1H. The van der Waals surface area contributed by atoms with Crippen LogP contribution in [0.3, 0.4) is 0 Å². The van der Waals surface area contributed by atoms with Crippen LogP contribution in [0.15, 0.2) is 47.7 Å². The van der Waals surface area contributed by atoms with Gasteiger partial charge in [-0.25, -0.2) is 0 Å². The number of nitrogens with zero attached hydrogens (tertiary/aromatic N) is 3. The number of guanidine groups is 1. The van der Waals surface area contributed by atoms with Crippen LogP contribution in [-0.2, 0) is 13.1 Å². The molecule has 1 heterocycles. The van der Waals surface area contributed by atoms with E-state index in [1.807, 2.05) is 16.9 Å². The summed E-state index contributed by atoms with van der Waals surface area (Å²) >= 11 is 0. The maximum Gasteiger partial charge on any atom is 0.191 e. The zero-order valence-corrected chi connectivity index (χ0v) is 17.7. The molecule has 0 aliphatic heterocycles. The van der Waals surface area contributed by atoms with Gasteiger partial charge in [0.05, 0.1) is 12.7 Å². The highest BCUT2D eigenvalue weighted by molar-refractivity contribution is 14.0. The van der Waals surface area contributed by atoms with Gasteiger partial charge in [-0.05, 0) is 24.3 Å². The van der Waals surface area contributed by atoms with Gasteiger partial charge in [0.1, 0.15) is 0 Å². The van der Waals surface area contributed by atoms with Crippen LogP contribution >= 0.6 is 24.0 Å². The fraction of sp³-hybridized carbons (Fsp3) is 0.474. The van der Waals surface area contributed by atoms with E-state index in [-0.39, 0.29) is 24.0 Å². The van der Waals surface area contributed by atoms with Crippen LogP contribution in [0.25, 0.3) is 0 Å². The number of nitrogens with one attached hydrogen (secondary N) is 2. The lowest BCUT2D eigenvalue weighted by Crippen LogP contribution is -2.37. The minimum Gasteiger partial charge on any atom is -0.356 e. The molecule has 6 heteroatoms.